The van der Waals surface area contributed by atoms with E-state index >= 15 is 0 Å². The van der Waals surface area contributed by atoms with Gasteiger partial charge in [0, 0.05) is 13.1 Å². The van der Waals surface area contributed by atoms with Crippen molar-refractivity contribution in [2.75, 3.05) is 29.5 Å². The number of aliphatic hydroxyl groups excluding tert-OH is 1. The second-order valence-corrected chi connectivity index (χ2v) is 5.30. The third-order valence-corrected chi connectivity index (χ3v) is 3.41. The highest BCUT2D eigenvalue weighted by Crippen LogP contribution is 2.25. The van der Waals surface area contributed by atoms with Crippen LogP contribution in [0.25, 0.3) is 11.0 Å². The minimum atomic E-state index is -0.0409. The average molecular weight is 346 g/mol. The number of nitrogens with zero attached hydrogens (tertiary/aromatic N) is 4. The van der Waals surface area contributed by atoms with E-state index in [1.807, 2.05) is 30.3 Å². The maximum Gasteiger partial charge on any atom is 0.225 e. The number of aromatic nitrogens is 4. The van der Waals surface area contributed by atoms with E-state index in [2.05, 4.69) is 30.6 Å². The number of nitrogen functional groups attached to an aromatic ring is 1. The number of hydrogen-bond acceptors (Lipinski definition) is 8. The van der Waals surface area contributed by atoms with Crippen LogP contribution in [0.5, 0.6) is 0 Å². The van der Waals surface area contributed by atoms with Gasteiger partial charge in [0.25, 0.3) is 0 Å². The summed E-state index contributed by atoms with van der Waals surface area (Å²) < 4.78 is 0. The van der Waals surface area contributed by atoms with E-state index in [1.165, 1.54) is 0 Å². The Morgan fingerprint density at radius 2 is 1.79 bits per heavy atom. The van der Waals surface area contributed by atoms with Crippen molar-refractivity contribution in [3.05, 3.63) is 41.2 Å². The van der Waals surface area contributed by atoms with Crippen LogP contribution in [0.4, 0.5) is 17.6 Å². The Morgan fingerprint density at radius 1 is 1.00 bits per heavy atom. The molecule has 0 amide bonds. The largest absolute Gasteiger partial charge is 0.395 e. The summed E-state index contributed by atoms with van der Waals surface area (Å²) in [6.45, 7) is 0.826. The van der Waals surface area contributed by atoms with Gasteiger partial charge in [-0.15, -0.1) is 0 Å². The zero-order valence-corrected chi connectivity index (χ0v) is 13.5. The topological polar surface area (TPSA) is 122 Å². The first-order valence-corrected chi connectivity index (χ1v) is 7.68. The molecule has 0 aliphatic carbocycles. The number of hydrogen-bond donors (Lipinski definition) is 4. The lowest BCUT2D eigenvalue weighted by Gasteiger charge is -2.12. The highest BCUT2D eigenvalue weighted by molar-refractivity contribution is 6.28. The third-order valence-electron chi connectivity index (χ3n) is 3.24. The smallest absolute Gasteiger partial charge is 0.225 e. The molecule has 8 nitrogen and oxygen atoms in total. The number of fused-ring (bicyclic) bond motifs is 1. The van der Waals surface area contributed by atoms with Gasteiger partial charge in [-0.3, -0.25) is 0 Å². The number of nitrogens with two attached hydrogens (primary N) is 1. The summed E-state index contributed by atoms with van der Waals surface area (Å²) in [6, 6.07) is 9.87. The molecule has 2 aromatic heterocycles. The first-order valence-electron chi connectivity index (χ1n) is 7.30. The quantitative estimate of drug-likeness (QED) is 0.498. The Bertz CT molecular complexity index is 844. The summed E-state index contributed by atoms with van der Waals surface area (Å²) >= 11 is 5.90. The lowest BCUT2D eigenvalue weighted by Crippen LogP contribution is -2.12. The van der Waals surface area contributed by atoms with Crippen LogP contribution in [0.1, 0.15) is 5.56 Å². The molecule has 5 N–H and O–H groups in total. The third kappa shape index (κ3) is 3.61. The van der Waals surface area contributed by atoms with Crippen molar-refractivity contribution in [2.24, 2.45) is 0 Å². The standard InChI is InChI=1S/C15H16ClN7O/c16-14-20-11-10(12(17)22-14)21-15(18-6-7-24)23-13(11)19-8-9-4-2-1-3-5-9/h1-5,24H,6-8H2,(H2,17,20,22)(H2,18,19,21,23). The zero-order valence-electron chi connectivity index (χ0n) is 12.7. The predicted octanol–water partition coefficient (Wildman–Crippen LogP) is 1.67. The number of halogens is 1. The Balaban J connectivity index is 1.99. The van der Waals surface area contributed by atoms with Gasteiger partial charge in [-0.2, -0.15) is 9.97 Å². The van der Waals surface area contributed by atoms with Gasteiger partial charge in [0.1, 0.15) is 11.0 Å². The first-order chi connectivity index (χ1) is 11.7. The first kappa shape index (κ1) is 16.2. The lowest BCUT2D eigenvalue weighted by atomic mass is 10.2. The molecule has 3 aromatic rings. The molecule has 0 unspecified atom stereocenters. The van der Waals surface area contributed by atoms with E-state index in [9.17, 15) is 0 Å². The highest BCUT2D eigenvalue weighted by Gasteiger charge is 2.14. The molecule has 1 aromatic carbocycles. The molecule has 0 bridgehead atoms. The van der Waals surface area contributed by atoms with Crippen molar-refractivity contribution in [1.29, 1.82) is 0 Å². The van der Waals surface area contributed by atoms with Gasteiger partial charge < -0.3 is 21.5 Å². The summed E-state index contributed by atoms with van der Waals surface area (Å²) in [6.07, 6.45) is 0. The summed E-state index contributed by atoms with van der Waals surface area (Å²) in [5.41, 5.74) is 7.82. The van der Waals surface area contributed by atoms with Crippen molar-refractivity contribution >= 4 is 40.2 Å². The molecule has 0 aliphatic rings. The zero-order chi connectivity index (χ0) is 16.9. The molecule has 0 atom stereocenters. The van der Waals surface area contributed by atoms with Crippen molar-refractivity contribution in [3.63, 3.8) is 0 Å². The minimum Gasteiger partial charge on any atom is -0.395 e. The Hall–Kier alpha value is -2.71. The van der Waals surface area contributed by atoms with E-state index < -0.39 is 0 Å². The van der Waals surface area contributed by atoms with Crippen LogP contribution < -0.4 is 16.4 Å². The van der Waals surface area contributed by atoms with Crippen LogP contribution in [0.3, 0.4) is 0 Å². The molecule has 124 valence electrons. The van der Waals surface area contributed by atoms with E-state index in [0.29, 0.717) is 35.9 Å². The number of rotatable bonds is 6. The Kier molecular flexibility index (Phi) is 4.88. The molecule has 0 saturated carbocycles. The maximum absolute atomic E-state index is 8.95. The monoisotopic (exact) mass is 345 g/mol. The van der Waals surface area contributed by atoms with Crippen LogP contribution in [0.2, 0.25) is 5.28 Å². The fraction of sp³-hybridized carbons (Fsp3) is 0.200. The Morgan fingerprint density at radius 3 is 2.54 bits per heavy atom. The SMILES string of the molecule is Nc1nc(Cl)nc2c(NCc3ccccc3)nc(NCCO)nc12. The van der Waals surface area contributed by atoms with Crippen LogP contribution >= 0.6 is 11.6 Å². The summed E-state index contributed by atoms with van der Waals surface area (Å²) in [5, 5.41) is 15.1. The normalized spacial score (nSPS) is 10.8. The van der Waals surface area contributed by atoms with Crippen LogP contribution in [0, 0.1) is 0 Å². The van der Waals surface area contributed by atoms with Gasteiger partial charge in [-0.1, -0.05) is 30.3 Å². The maximum atomic E-state index is 8.95. The lowest BCUT2D eigenvalue weighted by molar-refractivity contribution is 0.311. The highest BCUT2D eigenvalue weighted by atomic mass is 35.5. The molecule has 0 radical (unpaired) electrons. The van der Waals surface area contributed by atoms with E-state index in [-0.39, 0.29) is 17.7 Å². The fourth-order valence-electron chi connectivity index (χ4n) is 2.16. The second kappa shape index (κ2) is 7.24. The van der Waals surface area contributed by atoms with Gasteiger partial charge in [0.2, 0.25) is 11.2 Å². The molecule has 0 saturated heterocycles. The average Bonchev–Trinajstić information content (AvgIpc) is 2.59. The number of anilines is 3. The van der Waals surface area contributed by atoms with Crippen LogP contribution in [0.15, 0.2) is 30.3 Å². The summed E-state index contributed by atoms with van der Waals surface area (Å²) in [4.78, 5) is 16.8. The van der Waals surface area contributed by atoms with E-state index in [0.717, 1.165) is 5.56 Å². The van der Waals surface area contributed by atoms with Gasteiger partial charge in [-0.05, 0) is 17.2 Å². The molecule has 2 heterocycles. The molecule has 9 heteroatoms. The van der Waals surface area contributed by atoms with Crippen molar-refractivity contribution in [1.82, 2.24) is 19.9 Å². The van der Waals surface area contributed by atoms with Gasteiger partial charge in [0.15, 0.2) is 11.6 Å². The number of benzene rings is 1. The van der Waals surface area contributed by atoms with Crippen LogP contribution in [-0.2, 0) is 6.54 Å². The van der Waals surface area contributed by atoms with Crippen molar-refractivity contribution in [2.45, 2.75) is 6.54 Å². The molecule has 0 fully saturated rings. The summed E-state index contributed by atoms with van der Waals surface area (Å²) in [7, 11) is 0. The number of nitrogens with one attached hydrogen (secondary N) is 2. The molecule has 24 heavy (non-hydrogen) atoms. The van der Waals surface area contributed by atoms with Gasteiger partial charge in [-0.25, -0.2) is 9.97 Å². The van der Waals surface area contributed by atoms with Crippen molar-refractivity contribution < 1.29 is 5.11 Å². The molecular formula is C15H16ClN7O. The predicted molar refractivity (Wildman–Crippen MR) is 93.9 cm³/mol. The van der Waals surface area contributed by atoms with Gasteiger partial charge in [0.05, 0.1) is 6.61 Å². The van der Waals surface area contributed by atoms with Gasteiger partial charge >= 0.3 is 0 Å². The van der Waals surface area contributed by atoms with Crippen LogP contribution in [-0.4, -0.2) is 38.2 Å². The summed E-state index contributed by atoms with van der Waals surface area (Å²) in [5.74, 6) is 0.979. The Labute approximate surface area is 143 Å². The van der Waals surface area contributed by atoms with Crippen molar-refractivity contribution in [3.8, 4) is 0 Å². The van der Waals surface area contributed by atoms with E-state index in [4.69, 9.17) is 22.4 Å². The molecule has 0 spiro atoms. The second-order valence-electron chi connectivity index (χ2n) is 4.96. The minimum absolute atomic E-state index is 0.0300. The fourth-order valence-corrected chi connectivity index (χ4v) is 2.34. The molecule has 3 rings (SSSR count). The van der Waals surface area contributed by atoms with E-state index in [1.54, 1.807) is 0 Å². The molecular weight excluding hydrogens is 330 g/mol. The molecule has 0 aliphatic heterocycles. The number of aliphatic hydroxyl groups is 1.